The van der Waals surface area contributed by atoms with Gasteiger partial charge in [0.05, 0.1) is 26.9 Å². The highest BCUT2D eigenvalue weighted by Crippen LogP contribution is 2.36. The van der Waals surface area contributed by atoms with E-state index in [0.717, 1.165) is 0 Å². The molecular formula is C22H12F2N2O2S. The molecule has 0 N–H and O–H groups in total. The Kier molecular flexibility index (Phi) is 4.57. The summed E-state index contributed by atoms with van der Waals surface area (Å²) in [5.74, 6) is -1.03. The van der Waals surface area contributed by atoms with Crippen LogP contribution >= 0.6 is 0 Å². The van der Waals surface area contributed by atoms with Crippen LogP contribution in [0, 0.1) is 23.0 Å². The van der Waals surface area contributed by atoms with Crippen molar-refractivity contribution >= 4 is 20.7 Å². The highest BCUT2D eigenvalue weighted by atomic mass is 32.2. The van der Waals surface area contributed by atoms with Gasteiger partial charge in [0.1, 0.15) is 11.6 Å². The second-order valence-electron chi connectivity index (χ2n) is 6.31. The standard InChI is InChI=1S/C22H12F2N2O2S/c23-16-6-4-15(5-7-16)22-19-11-17(24)8-9-20(19)26-13-21(22)29(27,28)18-3-1-2-14(10-18)12-25/h1-11,13H. The summed E-state index contributed by atoms with van der Waals surface area (Å²) in [7, 11) is -4.09. The van der Waals surface area contributed by atoms with Gasteiger partial charge in [-0.1, -0.05) is 18.2 Å². The molecule has 4 rings (SSSR count). The first-order chi connectivity index (χ1) is 13.9. The van der Waals surface area contributed by atoms with Crippen molar-refractivity contribution < 1.29 is 17.2 Å². The Morgan fingerprint density at radius 3 is 2.34 bits per heavy atom. The van der Waals surface area contributed by atoms with Crippen LogP contribution in [-0.4, -0.2) is 13.4 Å². The number of aromatic nitrogens is 1. The zero-order chi connectivity index (χ0) is 20.6. The first kappa shape index (κ1) is 18.7. The van der Waals surface area contributed by atoms with Gasteiger partial charge in [-0.25, -0.2) is 17.2 Å². The summed E-state index contributed by atoms with van der Waals surface area (Å²) in [5, 5.41) is 9.38. The lowest BCUT2D eigenvalue weighted by atomic mass is 10.0. The largest absolute Gasteiger partial charge is 0.255 e. The van der Waals surface area contributed by atoms with Gasteiger partial charge in [-0.2, -0.15) is 5.26 Å². The zero-order valence-electron chi connectivity index (χ0n) is 14.8. The molecule has 0 aliphatic heterocycles. The van der Waals surface area contributed by atoms with Crippen LogP contribution in [0.4, 0.5) is 8.78 Å². The average Bonchev–Trinajstić information content (AvgIpc) is 2.73. The number of benzene rings is 3. The van der Waals surface area contributed by atoms with Crippen molar-refractivity contribution in [3.05, 3.63) is 90.1 Å². The monoisotopic (exact) mass is 406 g/mol. The fourth-order valence-electron chi connectivity index (χ4n) is 3.12. The van der Waals surface area contributed by atoms with Crippen LogP contribution in [0.15, 0.2) is 82.7 Å². The number of nitriles is 1. The van der Waals surface area contributed by atoms with Crippen LogP contribution in [0.1, 0.15) is 5.56 Å². The highest BCUT2D eigenvalue weighted by molar-refractivity contribution is 7.91. The minimum absolute atomic E-state index is 0.0857. The van der Waals surface area contributed by atoms with E-state index in [2.05, 4.69) is 4.98 Å². The first-order valence-corrected chi connectivity index (χ1v) is 9.98. The van der Waals surface area contributed by atoms with E-state index in [9.17, 15) is 17.2 Å². The Balaban J connectivity index is 2.08. The second kappa shape index (κ2) is 7.08. The van der Waals surface area contributed by atoms with Gasteiger partial charge >= 0.3 is 0 Å². The predicted octanol–water partition coefficient (Wildman–Crippen LogP) is 4.88. The Morgan fingerprint density at radius 1 is 0.897 bits per heavy atom. The average molecular weight is 406 g/mol. The lowest BCUT2D eigenvalue weighted by Crippen LogP contribution is -2.06. The van der Waals surface area contributed by atoms with E-state index in [1.807, 2.05) is 6.07 Å². The van der Waals surface area contributed by atoms with Gasteiger partial charge in [0, 0.05) is 17.1 Å². The van der Waals surface area contributed by atoms with Crippen molar-refractivity contribution in [2.75, 3.05) is 0 Å². The zero-order valence-corrected chi connectivity index (χ0v) is 15.6. The Morgan fingerprint density at radius 2 is 1.62 bits per heavy atom. The van der Waals surface area contributed by atoms with Gasteiger partial charge in [0.25, 0.3) is 0 Å². The summed E-state index contributed by atoms with van der Waals surface area (Å²) in [6.45, 7) is 0. The van der Waals surface area contributed by atoms with Gasteiger partial charge in [-0.3, -0.25) is 4.98 Å². The molecule has 0 radical (unpaired) electrons. The van der Waals surface area contributed by atoms with Gasteiger partial charge in [0.2, 0.25) is 9.84 Å². The Hall–Kier alpha value is -3.63. The molecule has 0 bridgehead atoms. The van der Waals surface area contributed by atoms with Gasteiger partial charge in [0.15, 0.2) is 0 Å². The van der Waals surface area contributed by atoms with Crippen molar-refractivity contribution in [1.82, 2.24) is 4.98 Å². The van der Waals surface area contributed by atoms with Gasteiger partial charge in [-0.05, 0) is 54.1 Å². The number of hydrogen-bond donors (Lipinski definition) is 0. The molecule has 0 aliphatic rings. The molecule has 7 heteroatoms. The second-order valence-corrected chi connectivity index (χ2v) is 8.23. The van der Waals surface area contributed by atoms with Crippen LogP contribution in [0.2, 0.25) is 0 Å². The predicted molar refractivity (Wildman–Crippen MR) is 104 cm³/mol. The maximum absolute atomic E-state index is 14.0. The molecule has 0 spiro atoms. The number of rotatable bonds is 3. The molecular weight excluding hydrogens is 394 g/mol. The number of pyridine rings is 1. The number of halogens is 2. The van der Waals surface area contributed by atoms with E-state index in [-0.39, 0.29) is 26.3 Å². The smallest absolute Gasteiger partial charge is 0.208 e. The fourth-order valence-corrected chi connectivity index (χ4v) is 4.61. The lowest BCUT2D eigenvalue weighted by molar-refractivity contribution is 0.596. The van der Waals surface area contributed by atoms with Crippen molar-refractivity contribution in [2.45, 2.75) is 9.79 Å². The highest BCUT2D eigenvalue weighted by Gasteiger charge is 2.25. The van der Waals surface area contributed by atoms with Gasteiger partial charge in [-0.15, -0.1) is 0 Å². The van der Waals surface area contributed by atoms with Gasteiger partial charge < -0.3 is 0 Å². The van der Waals surface area contributed by atoms with Crippen LogP contribution in [0.25, 0.3) is 22.0 Å². The SMILES string of the molecule is N#Cc1cccc(S(=O)(=O)c2cnc3ccc(F)cc3c2-c2ccc(F)cc2)c1. The van der Waals surface area contributed by atoms with E-state index in [0.29, 0.717) is 11.1 Å². The van der Waals surface area contributed by atoms with E-state index in [4.69, 9.17) is 5.26 Å². The molecule has 4 nitrogen and oxygen atoms in total. The molecule has 142 valence electrons. The van der Waals surface area contributed by atoms with Crippen molar-refractivity contribution in [2.24, 2.45) is 0 Å². The molecule has 1 heterocycles. The molecule has 0 saturated carbocycles. The molecule has 0 amide bonds. The molecule has 0 aliphatic carbocycles. The number of sulfone groups is 1. The molecule has 3 aromatic carbocycles. The molecule has 1 aromatic heterocycles. The quantitative estimate of drug-likeness (QED) is 0.486. The van der Waals surface area contributed by atoms with E-state index >= 15 is 0 Å². The van der Waals surface area contributed by atoms with E-state index in [1.165, 1.54) is 72.9 Å². The van der Waals surface area contributed by atoms with Crippen molar-refractivity contribution in [3.63, 3.8) is 0 Å². The van der Waals surface area contributed by atoms with Crippen LogP contribution in [-0.2, 0) is 9.84 Å². The number of fused-ring (bicyclic) bond motifs is 1. The summed E-state index contributed by atoms with van der Waals surface area (Å²) in [6.07, 6.45) is 1.20. The molecule has 0 saturated heterocycles. The van der Waals surface area contributed by atoms with E-state index < -0.39 is 21.5 Å². The van der Waals surface area contributed by atoms with Crippen LogP contribution in [0.3, 0.4) is 0 Å². The maximum atomic E-state index is 14.0. The van der Waals surface area contributed by atoms with Crippen molar-refractivity contribution in [3.8, 4) is 17.2 Å². The number of nitrogens with zero attached hydrogens (tertiary/aromatic N) is 2. The van der Waals surface area contributed by atoms with Crippen molar-refractivity contribution in [1.29, 1.82) is 5.26 Å². The summed E-state index contributed by atoms with van der Waals surface area (Å²) < 4.78 is 54.2. The summed E-state index contributed by atoms with van der Waals surface area (Å²) in [5.41, 5.74) is 1.21. The molecule has 0 atom stereocenters. The number of hydrogen-bond acceptors (Lipinski definition) is 4. The first-order valence-electron chi connectivity index (χ1n) is 8.49. The fraction of sp³-hybridized carbons (Fsp3) is 0. The maximum Gasteiger partial charge on any atom is 0.208 e. The van der Waals surface area contributed by atoms with Crippen LogP contribution < -0.4 is 0 Å². The molecule has 4 aromatic rings. The Bertz CT molecular complexity index is 1390. The summed E-state index contributed by atoms with van der Waals surface area (Å²) >= 11 is 0. The molecule has 0 unspecified atom stereocenters. The Labute approximate surface area is 165 Å². The third-order valence-corrected chi connectivity index (χ3v) is 6.25. The minimum atomic E-state index is -4.09. The topological polar surface area (TPSA) is 70.8 Å². The lowest BCUT2D eigenvalue weighted by Gasteiger charge is -2.14. The molecule has 29 heavy (non-hydrogen) atoms. The minimum Gasteiger partial charge on any atom is -0.255 e. The van der Waals surface area contributed by atoms with E-state index in [1.54, 1.807) is 0 Å². The van der Waals surface area contributed by atoms with Crippen LogP contribution in [0.5, 0.6) is 0 Å². The summed E-state index contributed by atoms with van der Waals surface area (Å²) in [4.78, 5) is 3.93. The third kappa shape index (κ3) is 3.35. The summed E-state index contributed by atoms with van der Waals surface area (Å²) in [6, 6.07) is 16.7. The normalized spacial score (nSPS) is 11.3. The third-order valence-electron chi connectivity index (χ3n) is 4.49. The molecule has 0 fully saturated rings.